The molecule has 0 aliphatic heterocycles. The highest BCUT2D eigenvalue weighted by atomic mass is 79.9. The fraction of sp³-hybridized carbons (Fsp3) is 0.143. The van der Waals surface area contributed by atoms with Gasteiger partial charge in [0.15, 0.2) is 0 Å². The Morgan fingerprint density at radius 2 is 2.00 bits per heavy atom. The van der Waals surface area contributed by atoms with Crippen LogP contribution in [0.4, 0.5) is 10.1 Å². The number of hydrogen-bond acceptors (Lipinski definition) is 3. The largest absolute Gasteiger partial charge is 0.398 e. The highest BCUT2D eigenvalue weighted by Crippen LogP contribution is 2.29. The second-order valence-electron chi connectivity index (χ2n) is 4.43. The Morgan fingerprint density at radius 3 is 2.65 bits per heavy atom. The van der Waals surface area contributed by atoms with E-state index < -0.39 is 0 Å². The lowest BCUT2D eigenvalue weighted by Gasteiger charge is -2.19. The molecule has 2 aromatic rings. The standard InChI is InChI=1S/C14H14BrClFN3/c15-9-2-4-13(18)11(6-9)14(20-19)5-8-1-3-10(17)7-12(8)16/h1-4,6-7,14,20H,5,18-19H2. The first-order valence-corrected chi connectivity index (χ1v) is 7.13. The molecular formula is C14H14BrClFN3. The molecule has 0 spiro atoms. The molecule has 0 fully saturated rings. The molecule has 0 saturated carbocycles. The van der Waals surface area contributed by atoms with Crippen molar-refractivity contribution in [3.05, 3.63) is 62.8 Å². The average Bonchev–Trinajstić information content (AvgIpc) is 2.41. The summed E-state index contributed by atoms with van der Waals surface area (Å²) in [5, 5.41) is 0.374. The van der Waals surface area contributed by atoms with Crippen LogP contribution in [0.1, 0.15) is 17.2 Å². The minimum atomic E-state index is -0.363. The Morgan fingerprint density at radius 1 is 1.25 bits per heavy atom. The molecule has 0 aliphatic rings. The molecular weight excluding hydrogens is 345 g/mol. The summed E-state index contributed by atoms with van der Waals surface area (Å²) in [4.78, 5) is 0. The van der Waals surface area contributed by atoms with Gasteiger partial charge >= 0.3 is 0 Å². The van der Waals surface area contributed by atoms with Crippen molar-refractivity contribution in [2.45, 2.75) is 12.5 Å². The summed E-state index contributed by atoms with van der Waals surface area (Å²) in [6.45, 7) is 0. The minimum Gasteiger partial charge on any atom is -0.398 e. The predicted molar refractivity (Wildman–Crippen MR) is 83.7 cm³/mol. The van der Waals surface area contributed by atoms with Crippen LogP contribution < -0.4 is 17.0 Å². The number of halogens is 3. The zero-order chi connectivity index (χ0) is 14.7. The van der Waals surface area contributed by atoms with Crippen molar-refractivity contribution in [1.29, 1.82) is 0 Å². The molecule has 106 valence electrons. The Bertz CT molecular complexity index is 621. The van der Waals surface area contributed by atoms with Crippen LogP contribution in [0.2, 0.25) is 5.02 Å². The van der Waals surface area contributed by atoms with Crippen molar-refractivity contribution >= 4 is 33.2 Å². The van der Waals surface area contributed by atoms with Crippen LogP contribution >= 0.6 is 27.5 Å². The van der Waals surface area contributed by atoms with E-state index in [0.29, 0.717) is 17.1 Å². The topological polar surface area (TPSA) is 64.1 Å². The van der Waals surface area contributed by atoms with Crippen molar-refractivity contribution in [3.8, 4) is 0 Å². The molecule has 5 N–H and O–H groups in total. The van der Waals surface area contributed by atoms with Crippen LogP contribution in [0.5, 0.6) is 0 Å². The Balaban J connectivity index is 2.31. The lowest BCUT2D eigenvalue weighted by atomic mass is 9.98. The van der Waals surface area contributed by atoms with E-state index in [-0.39, 0.29) is 11.9 Å². The van der Waals surface area contributed by atoms with Gasteiger partial charge in [-0.3, -0.25) is 11.3 Å². The number of hydrogen-bond donors (Lipinski definition) is 3. The molecule has 1 atom stereocenters. The van der Waals surface area contributed by atoms with Gasteiger partial charge in [-0.15, -0.1) is 0 Å². The van der Waals surface area contributed by atoms with Gasteiger partial charge in [0, 0.05) is 15.2 Å². The Kier molecular flexibility index (Phi) is 4.99. The molecule has 0 saturated heterocycles. The van der Waals surface area contributed by atoms with Gasteiger partial charge in [0.1, 0.15) is 5.82 Å². The second-order valence-corrected chi connectivity index (χ2v) is 5.76. The SMILES string of the molecule is NNC(Cc1ccc(F)cc1Cl)c1cc(Br)ccc1N. The van der Waals surface area contributed by atoms with Crippen LogP contribution in [0.3, 0.4) is 0 Å². The Labute approximate surface area is 130 Å². The van der Waals surface area contributed by atoms with Crippen LogP contribution in [0.15, 0.2) is 40.9 Å². The molecule has 2 rings (SSSR count). The summed E-state index contributed by atoms with van der Waals surface area (Å²) in [6, 6.07) is 9.66. The highest BCUT2D eigenvalue weighted by molar-refractivity contribution is 9.10. The molecule has 2 aromatic carbocycles. The molecule has 0 amide bonds. The van der Waals surface area contributed by atoms with Crippen LogP contribution in [0.25, 0.3) is 0 Å². The zero-order valence-corrected chi connectivity index (χ0v) is 12.9. The number of nitrogens with two attached hydrogens (primary N) is 2. The van der Waals surface area contributed by atoms with E-state index >= 15 is 0 Å². The summed E-state index contributed by atoms with van der Waals surface area (Å²) in [6.07, 6.45) is 0.510. The van der Waals surface area contributed by atoms with Crippen molar-refractivity contribution in [3.63, 3.8) is 0 Å². The van der Waals surface area contributed by atoms with E-state index in [1.807, 2.05) is 12.1 Å². The van der Waals surface area contributed by atoms with E-state index in [9.17, 15) is 4.39 Å². The highest BCUT2D eigenvalue weighted by Gasteiger charge is 2.16. The first-order valence-electron chi connectivity index (χ1n) is 5.96. The zero-order valence-electron chi connectivity index (χ0n) is 10.5. The van der Waals surface area contributed by atoms with Gasteiger partial charge in [0.05, 0.1) is 6.04 Å². The number of nitrogens with one attached hydrogen (secondary N) is 1. The molecule has 0 bridgehead atoms. The maximum atomic E-state index is 13.1. The van der Waals surface area contributed by atoms with Crippen molar-refractivity contribution in [1.82, 2.24) is 5.43 Å². The van der Waals surface area contributed by atoms with Crippen LogP contribution in [0, 0.1) is 5.82 Å². The molecule has 0 aromatic heterocycles. The third kappa shape index (κ3) is 3.49. The smallest absolute Gasteiger partial charge is 0.124 e. The van der Waals surface area contributed by atoms with E-state index in [1.54, 1.807) is 12.1 Å². The molecule has 1 unspecified atom stereocenters. The summed E-state index contributed by atoms with van der Waals surface area (Å²) in [7, 11) is 0. The molecule has 0 heterocycles. The second kappa shape index (κ2) is 6.54. The molecule has 20 heavy (non-hydrogen) atoms. The van der Waals surface area contributed by atoms with E-state index in [0.717, 1.165) is 15.6 Å². The van der Waals surface area contributed by atoms with Gasteiger partial charge in [0.25, 0.3) is 0 Å². The van der Waals surface area contributed by atoms with Crippen molar-refractivity contribution in [2.75, 3.05) is 5.73 Å². The van der Waals surface area contributed by atoms with Gasteiger partial charge in [-0.2, -0.15) is 0 Å². The third-order valence-electron chi connectivity index (χ3n) is 3.06. The van der Waals surface area contributed by atoms with E-state index in [2.05, 4.69) is 21.4 Å². The first-order chi connectivity index (χ1) is 9.51. The number of hydrazine groups is 1. The fourth-order valence-electron chi connectivity index (χ4n) is 2.01. The summed E-state index contributed by atoms with van der Waals surface area (Å²) < 4.78 is 14.0. The lowest BCUT2D eigenvalue weighted by molar-refractivity contribution is 0.552. The van der Waals surface area contributed by atoms with Crippen LogP contribution in [-0.4, -0.2) is 0 Å². The van der Waals surface area contributed by atoms with Crippen LogP contribution in [-0.2, 0) is 6.42 Å². The van der Waals surface area contributed by atoms with Crippen molar-refractivity contribution in [2.24, 2.45) is 5.84 Å². The molecule has 0 aliphatic carbocycles. The Hall–Kier alpha value is -1.14. The van der Waals surface area contributed by atoms with E-state index in [1.165, 1.54) is 12.1 Å². The number of nitrogen functional groups attached to an aromatic ring is 1. The van der Waals surface area contributed by atoms with Crippen molar-refractivity contribution < 1.29 is 4.39 Å². The maximum absolute atomic E-state index is 13.1. The first kappa shape index (κ1) is 15.3. The minimum absolute atomic E-state index is 0.213. The number of benzene rings is 2. The molecule has 3 nitrogen and oxygen atoms in total. The third-order valence-corrected chi connectivity index (χ3v) is 3.91. The van der Waals surface area contributed by atoms with Gasteiger partial charge in [-0.05, 0) is 47.9 Å². The normalized spacial score (nSPS) is 12.4. The average molecular weight is 359 g/mol. The number of anilines is 1. The van der Waals surface area contributed by atoms with Gasteiger partial charge in [-0.25, -0.2) is 4.39 Å². The monoisotopic (exact) mass is 357 g/mol. The fourth-order valence-corrected chi connectivity index (χ4v) is 2.64. The number of rotatable bonds is 4. The van der Waals surface area contributed by atoms with Gasteiger partial charge < -0.3 is 5.73 Å². The summed E-state index contributed by atoms with van der Waals surface area (Å²) in [5.74, 6) is 5.25. The van der Waals surface area contributed by atoms with E-state index in [4.69, 9.17) is 23.2 Å². The van der Waals surface area contributed by atoms with Gasteiger partial charge in [0.2, 0.25) is 0 Å². The summed E-state index contributed by atoms with van der Waals surface area (Å²) >= 11 is 9.44. The summed E-state index contributed by atoms with van der Waals surface area (Å²) in [5.41, 5.74) is 11.0. The van der Waals surface area contributed by atoms with Gasteiger partial charge in [-0.1, -0.05) is 33.6 Å². The maximum Gasteiger partial charge on any atom is 0.124 e. The molecule has 6 heteroatoms. The lowest BCUT2D eigenvalue weighted by Crippen LogP contribution is -2.30. The molecule has 0 radical (unpaired) electrons. The quantitative estimate of drug-likeness (QED) is 0.445. The predicted octanol–water partition coefficient (Wildman–Crippen LogP) is 3.57.